The minimum atomic E-state index is 0.409. The third-order valence-electron chi connectivity index (χ3n) is 3.46. The van der Waals surface area contributed by atoms with Gasteiger partial charge in [-0.2, -0.15) is 0 Å². The van der Waals surface area contributed by atoms with Crippen LogP contribution in [-0.4, -0.2) is 20.2 Å². The summed E-state index contributed by atoms with van der Waals surface area (Å²) in [6.07, 6.45) is 1.98. The van der Waals surface area contributed by atoms with Gasteiger partial charge in [0.15, 0.2) is 0 Å². The Kier molecular flexibility index (Phi) is 5.86. The quantitative estimate of drug-likeness (QED) is 0.771. The molecule has 0 heterocycles. The first-order chi connectivity index (χ1) is 9.72. The molecular formula is C17H20INO. The summed E-state index contributed by atoms with van der Waals surface area (Å²) in [6.45, 7) is 0. The highest BCUT2D eigenvalue weighted by Gasteiger charge is 2.11. The van der Waals surface area contributed by atoms with E-state index in [1.54, 1.807) is 7.11 Å². The molecule has 0 aromatic heterocycles. The highest BCUT2D eigenvalue weighted by atomic mass is 127. The molecule has 0 saturated heterocycles. The number of ether oxygens (including phenoxy) is 1. The van der Waals surface area contributed by atoms with Crippen LogP contribution in [0.15, 0.2) is 48.5 Å². The van der Waals surface area contributed by atoms with Gasteiger partial charge in [0.05, 0.1) is 7.11 Å². The minimum absolute atomic E-state index is 0.409. The van der Waals surface area contributed by atoms with Crippen LogP contribution in [0.2, 0.25) is 0 Å². The van der Waals surface area contributed by atoms with Crippen molar-refractivity contribution in [1.82, 2.24) is 5.32 Å². The molecule has 0 bridgehead atoms. The molecule has 2 aromatic rings. The zero-order chi connectivity index (χ0) is 14.4. The largest absolute Gasteiger partial charge is 0.496 e. The van der Waals surface area contributed by atoms with Crippen LogP contribution in [0, 0.1) is 3.57 Å². The summed E-state index contributed by atoms with van der Waals surface area (Å²) in [6, 6.07) is 17.4. The second-order valence-electron chi connectivity index (χ2n) is 4.83. The van der Waals surface area contributed by atoms with Crippen molar-refractivity contribution in [3.05, 3.63) is 63.2 Å². The predicted octanol–water partition coefficient (Wildman–Crippen LogP) is 3.67. The van der Waals surface area contributed by atoms with E-state index >= 15 is 0 Å². The Balaban J connectivity index is 2.07. The summed E-state index contributed by atoms with van der Waals surface area (Å²) in [7, 11) is 3.75. The lowest BCUT2D eigenvalue weighted by atomic mass is 9.98. The zero-order valence-electron chi connectivity index (χ0n) is 11.9. The fourth-order valence-electron chi connectivity index (χ4n) is 2.32. The first kappa shape index (κ1) is 15.3. The van der Waals surface area contributed by atoms with Crippen molar-refractivity contribution in [1.29, 1.82) is 0 Å². The van der Waals surface area contributed by atoms with Crippen LogP contribution in [0.3, 0.4) is 0 Å². The Morgan fingerprint density at radius 3 is 2.40 bits per heavy atom. The molecule has 2 nitrogen and oxygen atoms in total. The summed E-state index contributed by atoms with van der Waals surface area (Å²) < 4.78 is 6.70. The minimum Gasteiger partial charge on any atom is -0.496 e. The van der Waals surface area contributed by atoms with E-state index in [1.165, 1.54) is 14.7 Å². The average Bonchev–Trinajstić information content (AvgIpc) is 2.49. The Hall–Kier alpha value is -1.07. The van der Waals surface area contributed by atoms with Crippen LogP contribution in [-0.2, 0) is 12.8 Å². The Bertz CT molecular complexity index is 539. The average molecular weight is 381 g/mol. The van der Waals surface area contributed by atoms with Crippen LogP contribution in [0.4, 0.5) is 0 Å². The molecule has 0 aliphatic rings. The number of rotatable bonds is 6. The van der Waals surface area contributed by atoms with E-state index in [0.29, 0.717) is 6.04 Å². The molecular weight excluding hydrogens is 361 g/mol. The summed E-state index contributed by atoms with van der Waals surface area (Å²) in [5, 5.41) is 3.41. The van der Waals surface area contributed by atoms with Crippen molar-refractivity contribution in [2.75, 3.05) is 14.2 Å². The molecule has 0 amide bonds. The zero-order valence-corrected chi connectivity index (χ0v) is 14.1. The number of hydrogen-bond acceptors (Lipinski definition) is 2. The monoisotopic (exact) mass is 381 g/mol. The lowest BCUT2D eigenvalue weighted by Crippen LogP contribution is -2.30. The summed E-state index contributed by atoms with van der Waals surface area (Å²) in [5.74, 6) is 0.968. The number of nitrogens with one attached hydrogen (secondary N) is 1. The summed E-state index contributed by atoms with van der Waals surface area (Å²) in [4.78, 5) is 0. The molecule has 2 aromatic carbocycles. The van der Waals surface area contributed by atoms with Gasteiger partial charge in [-0.25, -0.2) is 0 Å². The maximum absolute atomic E-state index is 5.43. The fraction of sp³-hybridized carbons (Fsp3) is 0.294. The van der Waals surface area contributed by atoms with Gasteiger partial charge >= 0.3 is 0 Å². The molecule has 1 unspecified atom stereocenters. The molecule has 2 rings (SSSR count). The number of para-hydroxylation sites is 1. The third-order valence-corrected chi connectivity index (χ3v) is 4.18. The molecule has 0 saturated carbocycles. The SMILES string of the molecule is CNC(Cc1ccc(I)cc1)Cc1ccccc1OC. The highest BCUT2D eigenvalue weighted by molar-refractivity contribution is 14.1. The molecule has 1 N–H and O–H groups in total. The van der Waals surface area contributed by atoms with Gasteiger partial charge < -0.3 is 10.1 Å². The summed E-state index contributed by atoms with van der Waals surface area (Å²) in [5.41, 5.74) is 2.61. The first-order valence-electron chi connectivity index (χ1n) is 6.76. The maximum Gasteiger partial charge on any atom is 0.122 e. The smallest absolute Gasteiger partial charge is 0.122 e. The Labute approximate surface area is 134 Å². The van der Waals surface area contributed by atoms with Crippen molar-refractivity contribution in [2.45, 2.75) is 18.9 Å². The predicted molar refractivity (Wildman–Crippen MR) is 92.4 cm³/mol. The van der Waals surface area contributed by atoms with Gasteiger partial charge in [0.1, 0.15) is 5.75 Å². The van der Waals surface area contributed by atoms with E-state index < -0.39 is 0 Å². The van der Waals surface area contributed by atoms with Crippen molar-refractivity contribution in [2.24, 2.45) is 0 Å². The molecule has 0 radical (unpaired) electrons. The van der Waals surface area contributed by atoms with Crippen LogP contribution in [0.1, 0.15) is 11.1 Å². The topological polar surface area (TPSA) is 21.3 Å². The van der Waals surface area contributed by atoms with Crippen LogP contribution < -0.4 is 10.1 Å². The highest BCUT2D eigenvalue weighted by Crippen LogP contribution is 2.20. The van der Waals surface area contributed by atoms with E-state index in [9.17, 15) is 0 Å². The van der Waals surface area contributed by atoms with E-state index in [0.717, 1.165) is 18.6 Å². The first-order valence-corrected chi connectivity index (χ1v) is 7.84. The van der Waals surface area contributed by atoms with E-state index in [-0.39, 0.29) is 0 Å². The number of methoxy groups -OCH3 is 1. The van der Waals surface area contributed by atoms with Crippen molar-refractivity contribution < 1.29 is 4.74 Å². The number of hydrogen-bond donors (Lipinski definition) is 1. The molecule has 20 heavy (non-hydrogen) atoms. The number of halogens is 1. The lowest BCUT2D eigenvalue weighted by Gasteiger charge is -2.18. The molecule has 3 heteroatoms. The Morgan fingerprint density at radius 2 is 1.75 bits per heavy atom. The summed E-state index contributed by atoms with van der Waals surface area (Å²) >= 11 is 2.34. The standard InChI is InChI=1S/C17H20INO/c1-19-16(11-13-7-9-15(18)10-8-13)12-14-5-3-4-6-17(14)20-2/h3-10,16,19H,11-12H2,1-2H3. The fourth-order valence-corrected chi connectivity index (χ4v) is 2.68. The molecule has 0 spiro atoms. The van der Waals surface area contributed by atoms with Gasteiger partial charge in [-0.1, -0.05) is 30.3 Å². The van der Waals surface area contributed by atoms with E-state index in [1.807, 2.05) is 19.2 Å². The van der Waals surface area contributed by atoms with Gasteiger partial charge in [-0.3, -0.25) is 0 Å². The number of likely N-dealkylation sites (N-methyl/N-ethyl adjacent to an activating group) is 1. The lowest BCUT2D eigenvalue weighted by molar-refractivity contribution is 0.406. The Morgan fingerprint density at radius 1 is 1.05 bits per heavy atom. The van der Waals surface area contributed by atoms with Crippen molar-refractivity contribution >= 4 is 22.6 Å². The molecule has 1 atom stereocenters. The maximum atomic E-state index is 5.43. The van der Waals surface area contributed by atoms with Crippen molar-refractivity contribution in [3.8, 4) is 5.75 Å². The second kappa shape index (κ2) is 7.64. The van der Waals surface area contributed by atoms with Gasteiger partial charge in [-0.15, -0.1) is 0 Å². The van der Waals surface area contributed by atoms with Gasteiger partial charge in [0, 0.05) is 9.61 Å². The van der Waals surface area contributed by atoms with Gasteiger partial charge in [0.2, 0.25) is 0 Å². The van der Waals surface area contributed by atoms with Crippen molar-refractivity contribution in [3.63, 3.8) is 0 Å². The van der Waals surface area contributed by atoms with E-state index in [4.69, 9.17) is 4.74 Å². The third kappa shape index (κ3) is 4.21. The molecule has 0 fully saturated rings. The van der Waals surface area contributed by atoms with E-state index in [2.05, 4.69) is 64.3 Å². The molecule has 106 valence electrons. The number of benzene rings is 2. The molecule has 0 aliphatic carbocycles. The molecule has 0 aliphatic heterocycles. The van der Waals surface area contributed by atoms with Crippen LogP contribution in [0.25, 0.3) is 0 Å². The van der Waals surface area contributed by atoms with Gasteiger partial charge in [0.25, 0.3) is 0 Å². The van der Waals surface area contributed by atoms with Crippen LogP contribution in [0.5, 0.6) is 5.75 Å². The normalized spacial score (nSPS) is 12.2. The second-order valence-corrected chi connectivity index (χ2v) is 6.08. The van der Waals surface area contributed by atoms with Crippen LogP contribution >= 0.6 is 22.6 Å². The van der Waals surface area contributed by atoms with Gasteiger partial charge in [-0.05, 0) is 71.8 Å².